The summed E-state index contributed by atoms with van der Waals surface area (Å²) in [6.07, 6.45) is 1.98. The highest BCUT2D eigenvalue weighted by atomic mass is 16.3. The minimum Gasteiger partial charge on any atom is -0.464 e. The number of furan rings is 1. The number of amides is 1. The van der Waals surface area contributed by atoms with Gasteiger partial charge in [0.15, 0.2) is 0 Å². The van der Waals surface area contributed by atoms with Crippen molar-refractivity contribution in [2.45, 2.75) is 33.7 Å². The van der Waals surface area contributed by atoms with Gasteiger partial charge in [0.05, 0.1) is 24.7 Å². The third-order valence-corrected chi connectivity index (χ3v) is 5.26. The molecule has 0 fully saturated rings. The molecule has 5 heteroatoms. The predicted octanol–water partition coefficient (Wildman–Crippen LogP) is 4.50. The van der Waals surface area contributed by atoms with Crippen molar-refractivity contribution >= 4 is 27.8 Å². The Bertz CT molecular complexity index is 1190. The van der Waals surface area contributed by atoms with Gasteiger partial charge in [-0.3, -0.25) is 4.79 Å². The molecule has 0 unspecified atom stereocenters. The van der Waals surface area contributed by atoms with Gasteiger partial charge in [-0.05, 0) is 50.1 Å². The van der Waals surface area contributed by atoms with Crippen LogP contribution in [0.4, 0.5) is 0 Å². The van der Waals surface area contributed by atoms with Crippen LogP contribution in [0.25, 0.3) is 21.9 Å². The van der Waals surface area contributed by atoms with E-state index in [0.717, 1.165) is 33.1 Å². The molecule has 4 rings (SSSR count). The second-order valence-electron chi connectivity index (χ2n) is 7.36. The molecule has 0 bridgehead atoms. The normalized spacial score (nSPS) is 11.3. The molecule has 0 N–H and O–H groups in total. The van der Waals surface area contributed by atoms with Crippen LogP contribution in [-0.4, -0.2) is 27.8 Å². The van der Waals surface area contributed by atoms with Crippen LogP contribution in [0.3, 0.4) is 0 Å². The fourth-order valence-corrected chi connectivity index (χ4v) is 3.44. The van der Waals surface area contributed by atoms with Crippen molar-refractivity contribution in [1.82, 2.24) is 14.9 Å². The Hall–Kier alpha value is -3.21. The molecule has 1 amide bonds. The number of fused-ring (bicyclic) bond motifs is 2. The number of rotatable bonds is 4. The minimum absolute atomic E-state index is 0.00957. The third kappa shape index (κ3) is 3.36. The largest absolute Gasteiger partial charge is 0.464 e. The molecule has 0 aliphatic carbocycles. The molecule has 2 heterocycles. The highest BCUT2D eigenvalue weighted by Crippen LogP contribution is 2.25. The molecule has 2 aromatic heterocycles. The second-order valence-corrected chi connectivity index (χ2v) is 7.36. The van der Waals surface area contributed by atoms with E-state index in [4.69, 9.17) is 4.42 Å². The van der Waals surface area contributed by atoms with Gasteiger partial charge in [0.2, 0.25) is 5.91 Å². The van der Waals surface area contributed by atoms with Gasteiger partial charge in [0, 0.05) is 29.1 Å². The Kier molecular flexibility index (Phi) is 4.59. The second kappa shape index (κ2) is 7.08. The average molecular weight is 373 g/mol. The van der Waals surface area contributed by atoms with E-state index in [-0.39, 0.29) is 5.91 Å². The number of benzene rings is 2. The van der Waals surface area contributed by atoms with Crippen molar-refractivity contribution in [3.8, 4) is 0 Å². The summed E-state index contributed by atoms with van der Waals surface area (Å²) in [4.78, 5) is 23.6. The van der Waals surface area contributed by atoms with Crippen LogP contribution in [0.5, 0.6) is 0 Å². The number of nitrogens with zero attached hydrogens (tertiary/aromatic N) is 3. The lowest BCUT2D eigenvalue weighted by atomic mass is 10.0. The van der Waals surface area contributed by atoms with E-state index in [1.807, 2.05) is 37.3 Å². The fraction of sp³-hybridized carbons (Fsp3) is 0.261. The molecule has 0 aliphatic rings. The number of likely N-dealkylation sites (N-methyl/N-ethyl adjacent to an activating group) is 1. The first kappa shape index (κ1) is 18.2. The molecule has 0 atom stereocenters. The lowest BCUT2D eigenvalue weighted by Gasteiger charge is -2.16. The molecule has 5 nitrogen and oxygen atoms in total. The predicted molar refractivity (Wildman–Crippen MR) is 110 cm³/mol. The summed E-state index contributed by atoms with van der Waals surface area (Å²) in [5, 5.41) is 2.04. The summed E-state index contributed by atoms with van der Waals surface area (Å²) in [5.41, 5.74) is 5.93. The Morgan fingerprint density at radius 2 is 1.79 bits per heavy atom. The summed E-state index contributed by atoms with van der Waals surface area (Å²) in [7, 11) is 1.79. The summed E-state index contributed by atoms with van der Waals surface area (Å²) in [5.74, 6) is 0.658. The molecule has 0 radical (unpaired) electrons. The summed E-state index contributed by atoms with van der Waals surface area (Å²) < 4.78 is 5.65. The van der Waals surface area contributed by atoms with Gasteiger partial charge in [-0.25, -0.2) is 9.97 Å². The topological polar surface area (TPSA) is 59.2 Å². The Morgan fingerprint density at radius 3 is 2.61 bits per heavy atom. The maximum absolute atomic E-state index is 12.8. The Morgan fingerprint density at radius 1 is 1.04 bits per heavy atom. The van der Waals surface area contributed by atoms with Gasteiger partial charge in [-0.2, -0.15) is 0 Å². The lowest BCUT2D eigenvalue weighted by Crippen LogP contribution is -2.28. The van der Waals surface area contributed by atoms with Gasteiger partial charge in [0.25, 0.3) is 0 Å². The van der Waals surface area contributed by atoms with E-state index in [1.165, 1.54) is 11.1 Å². The maximum atomic E-state index is 12.8. The van der Waals surface area contributed by atoms with Crippen molar-refractivity contribution in [1.29, 1.82) is 0 Å². The van der Waals surface area contributed by atoms with Crippen molar-refractivity contribution in [2.75, 3.05) is 7.05 Å². The van der Waals surface area contributed by atoms with Crippen molar-refractivity contribution in [2.24, 2.45) is 0 Å². The first-order valence-electron chi connectivity index (χ1n) is 9.36. The lowest BCUT2D eigenvalue weighted by molar-refractivity contribution is -0.129. The molecular formula is C23H23N3O2. The molecule has 28 heavy (non-hydrogen) atoms. The highest BCUT2D eigenvalue weighted by Gasteiger charge is 2.16. The van der Waals surface area contributed by atoms with Crippen LogP contribution in [0.15, 0.2) is 47.1 Å². The monoisotopic (exact) mass is 373 g/mol. The van der Waals surface area contributed by atoms with E-state index < -0.39 is 0 Å². The van der Waals surface area contributed by atoms with Gasteiger partial charge in [0.1, 0.15) is 11.4 Å². The average Bonchev–Trinajstić information content (AvgIpc) is 3.03. The van der Waals surface area contributed by atoms with Crippen LogP contribution < -0.4 is 0 Å². The number of carbonyl (C=O) groups is 1. The molecule has 0 aliphatic heterocycles. The molecule has 0 spiro atoms. The first-order chi connectivity index (χ1) is 13.4. The zero-order valence-electron chi connectivity index (χ0n) is 16.6. The van der Waals surface area contributed by atoms with Crippen LogP contribution in [0.1, 0.15) is 28.2 Å². The number of aryl methyl sites for hydroxylation is 3. The van der Waals surface area contributed by atoms with Gasteiger partial charge < -0.3 is 9.32 Å². The zero-order valence-corrected chi connectivity index (χ0v) is 16.6. The van der Waals surface area contributed by atoms with Gasteiger partial charge in [-0.1, -0.05) is 18.2 Å². The van der Waals surface area contributed by atoms with Crippen molar-refractivity contribution < 1.29 is 9.21 Å². The summed E-state index contributed by atoms with van der Waals surface area (Å²) in [6, 6.07) is 12.0. The molecule has 142 valence electrons. The van der Waals surface area contributed by atoms with E-state index in [2.05, 4.69) is 29.9 Å². The van der Waals surface area contributed by atoms with E-state index in [1.54, 1.807) is 18.2 Å². The third-order valence-electron chi connectivity index (χ3n) is 5.26. The van der Waals surface area contributed by atoms with E-state index in [0.29, 0.717) is 18.8 Å². The van der Waals surface area contributed by atoms with Crippen molar-refractivity contribution in [3.63, 3.8) is 0 Å². The van der Waals surface area contributed by atoms with E-state index in [9.17, 15) is 4.79 Å². The molecular weight excluding hydrogens is 350 g/mol. The standard InChI is InChI=1S/C23H23N3O2/c1-14-9-19-17(13-28-21(19)10-15(14)2)11-23(27)26(4)12-22-24-16(3)18-7-5-6-8-20(18)25-22/h5-10,13H,11-12H2,1-4H3. The smallest absolute Gasteiger partial charge is 0.227 e. The Labute approximate surface area is 164 Å². The van der Waals surface area contributed by atoms with Gasteiger partial charge in [-0.15, -0.1) is 0 Å². The maximum Gasteiger partial charge on any atom is 0.227 e. The van der Waals surface area contributed by atoms with Crippen LogP contribution in [-0.2, 0) is 17.8 Å². The number of carbonyl (C=O) groups excluding carboxylic acids is 1. The fourth-order valence-electron chi connectivity index (χ4n) is 3.44. The van der Waals surface area contributed by atoms with Gasteiger partial charge >= 0.3 is 0 Å². The molecule has 2 aromatic carbocycles. The number of hydrogen-bond acceptors (Lipinski definition) is 4. The van der Waals surface area contributed by atoms with Crippen LogP contribution >= 0.6 is 0 Å². The molecule has 0 saturated heterocycles. The summed E-state index contributed by atoms with van der Waals surface area (Å²) >= 11 is 0. The van der Waals surface area contributed by atoms with Crippen LogP contribution in [0.2, 0.25) is 0 Å². The molecule has 0 saturated carbocycles. The first-order valence-corrected chi connectivity index (χ1v) is 9.36. The zero-order chi connectivity index (χ0) is 19.8. The number of hydrogen-bond donors (Lipinski definition) is 0. The SMILES string of the molecule is Cc1cc2occ(CC(=O)N(C)Cc3nc(C)c4ccccc4n3)c2cc1C. The minimum atomic E-state index is 0.00957. The quantitative estimate of drug-likeness (QED) is 0.528. The van der Waals surface area contributed by atoms with Crippen molar-refractivity contribution in [3.05, 3.63) is 70.9 Å². The molecule has 4 aromatic rings. The number of para-hydroxylation sites is 1. The Balaban J connectivity index is 1.53. The van der Waals surface area contributed by atoms with E-state index >= 15 is 0 Å². The highest BCUT2D eigenvalue weighted by molar-refractivity contribution is 5.88. The number of aromatic nitrogens is 2. The van der Waals surface area contributed by atoms with Crippen LogP contribution in [0, 0.1) is 20.8 Å². The summed E-state index contributed by atoms with van der Waals surface area (Å²) in [6.45, 7) is 6.47.